The summed E-state index contributed by atoms with van der Waals surface area (Å²) in [6.45, 7) is 2.56. The van der Waals surface area contributed by atoms with Crippen molar-refractivity contribution in [2.75, 3.05) is 20.2 Å². The monoisotopic (exact) mass is 241 g/mol. The van der Waals surface area contributed by atoms with E-state index < -0.39 is 11.9 Å². The van der Waals surface area contributed by atoms with Gasteiger partial charge in [0.2, 0.25) is 5.91 Å². The van der Waals surface area contributed by atoms with E-state index in [0.29, 0.717) is 6.54 Å². The van der Waals surface area contributed by atoms with E-state index >= 15 is 0 Å². The van der Waals surface area contributed by atoms with Gasteiger partial charge in [0.15, 0.2) is 0 Å². The number of aliphatic carboxylic acids is 1. The number of carbonyl (C=O) groups is 3. The molecule has 0 aromatic rings. The third-order valence-corrected chi connectivity index (χ3v) is 2.80. The molecule has 94 valence electrons. The normalized spacial score (nSPS) is 24.0. The molecule has 0 bridgehead atoms. The highest BCUT2D eigenvalue weighted by atomic mass is 16.5. The Morgan fingerprint density at radius 3 is 2.47 bits per heavy atom. The molecular weight excluding hydrogens is 226 g/mol. The molecule has 2 atom stereocenters. The summed E-state index contributed by atoms with van der Waals surface area (Å²) in [6, 6.07) is 0. The van der Waals surface area contributed by atoms with E-state index in [1.54, 1.807) is 0 Å². The summed E-state index contributed by atoms with van der Waals surface area (Å²) in [4.78, 5) is 34.7. The van der Waals surface area contributed by atoms with Crippen LogP contribution in [0.1, 0.15) is 6.92 Å². The van der Waals surface area contributed by atoms with Crippen molar-refractivity contribution < 1.29 is 24.2 Å². The maximum absolute atomic E-state index is 11.6. The molecule has 0 aromatic heterocycles. The quantitative estimate of drug-likeness (QED) is 0.550. The molecule has 0 aromatic carbocycles. The lowest BCUT2D eigenvalue weighted by Gasteiger charge is -2.13. The number of ether oxygens (including phenoxy) is 1. The van der Waals surface area contributed by atoms with E-state index in [-0.39, 0.29) is 24.3 Å². The van der Waals surface area contributed by atoms with Crippen LogP contribution in [0.4, 0.5) is 0 Å². The number of likely N-dealkylation sites (tertiary alicyclic amines) is 1. The first-order chi connectivity index (χ1) is 7.95. The van der Waals surface area contributed by atoms with Crippen molar-refractivity contribution >= 4 is 17.8 Å². The Morgan fingerprint density at radius 2 is 1.94 bits per heavy atom. The topological polar surface area (TPSA) is 83.9 Å². The zero-order valence-corrected chi connectivity index (χ0v) is 9.75. The van der Waals surface area contributed by atoms with Gasteiger partial charge in [-0.1, -0.05) is 6.92 Å². The zero-order valence-electron chi connectivity index (χ0n) is 9.75. The van der Waals surface area contributed by atoms with Gasteiger partial charge < -0.3 is 14.7 Å². The van der Waals surface area contributed by atoms with E-state index in [1.165, 1.54) is 12.0 Å². The molecule has 2 unspecified atom stereocenters. The van der Waals surface area contributed by atoms with E-state index in [4.69, 9.17) is 5.11 Å². The fourth-order valence-corrected chi connectivity index (χ4v) is 1.85. The first-order valence-electron chi connectivity index (χ1n) is 5.23. The number of esters is 1. The highest BCUT2D eigenvalue weighted by Crippen LogP contribution is 2.24. The Balaban J connectivity index is 2.62. The van der Waals surface area contributed by atoms with E-state index in [1.807, 2.05) is 6.92 Å². The fraction of sp³-hybridized carbons (Fsp3) is 0.545. The summed E-state index contributed by atoms with van der Waals surface area (Å²) in [5, 5.41) is 8.40. The molecule has 6 heteroatoms. The second-order valence-corrected chi connectivity index (χ2v) is 4.02. The second kappa shape index (κ2) is 5.47. The summed E-state index contributed by atoms with van der Waals surface area (Å²) in [5.74, 6) is -2.22. The maximum atomic E-state index is 11.6. The van der Waals surface area contributed by atoms with Crippen LogP contribution in [0.25, 0.3) is 0 Å². The van der Waals surface area contributed by atoms with Crippen LogP contribution >= 0.6 is 0 Å². The van der Waals surface area contributed by atoms with Crippen molar-refractivity contribution in [3.8, 4) is 0 Å². The first kappa shape index (κ1) is 13.2. The van der Waals surface area contributed by atoms with Crippen LogP contribution in [0.15, 0.2) is 12.2 Å². The number of carboxylic acids is 1. The fourth-order valence-electron chi connectivity index (χ4n) is 1.85. The van der Waals surface area contributed by atoms with Gasteiger partial charge in [0, 0.05) is 25.2 Å². The van der Waals surface area contributed by atoms with Crippen molar-refractivity contribution in [3.63, 3.8) is 0 Å². The smallest absolute Gasteiger partial charge is 0.328 e. The van der Waals surface area contributed by atoms with E-state index in [0.717, 1.165) is 12.2 Å². The van der Waals surface area contributed by atoms with Crippen molar-refractivity contribution in [2.45, 2.75) is 6.92 Å². The molecule has 0 aliphatic carbocycles. The number of nitrogens with zero attached hydrogens (tertiary/aromatic N) is 1. The molecule has 1 aliphatic rings. The lowest BCUT2D eigenvalue weighted by Crippen LogP contribution is -2.28. The molecule has 0 radical (unpaired) electrons. The minimum absolute atomic E-state index is 0.0182. The summed E-state index contributed by atoms with van der Waals surface area (Å²) in [6.07, 6.45) is 1.78. The molecule has 0 spiro atoms. The third-order valence-electron chi connectivity index (χ3n) is 2.80. The average molecular weight is 241 g/mol. The second-order valence-electron chi connectivity index (χ2n) is 4.02. The van der Waals surface area contributed by atoms with Gasteiger partial charge in [0.25, 0.3) is 0 Å². The SMILES string of the molecule is COC(=O)C1CN(C(=O)C=CC(=O)O)CC1C. The molecule has 1 fully saturated rings. The van der Waals surface area contributed by atoms with E-state index in [9.17, 15) is 14.4 Å². The number of hydrogen-bond donors (Lipinski definition) is 1. The van der Waals surface area contributed by atoms with Crippen LogP contribution in [0.2, 0.25) is 0 Å². The Kier molecular flexibility index (Phi) is 4.25. The largest absolute Gasteiger partial charge is 0.478 e. The van der Waals surface area contributed by atoms with Crippen LogP contribution in [0.5, 0.6) is 0 Å². The van der Waals surface area contributed by atoms with Crippen LogP contribution < -0.4 is 0 Å². The first-order valence-corrected chi connectivity index (χ1v) is 5.23. The standard InChI is InChI=1S/C11H15NO5/c1-7-5-12(6-8(7)11(16)17-2)9(13)3-4-10(14)15/h3-4,7-8H,5-6H2,1-2H3,(H,14,15). The maximum Gasteiger partial charge on any atom is 0.328 e. The number of methoxy groups -OCH3 is 1. The Hall–Kier alpha value is -1.85. The molecule has 1 N–H and O–H groups in total. The van der Waals surface area contributed by atoms with Crippen LogP contribution in [-0.4, -0.2) is 48.1 Å². The van der Waals surface area contributed by atoms with Gasteiger partial charge in [-0.3, -0.25) is 9.59 Å². The number of rotatable bonds is 3. The van der Waals surface area contributed by atoms with Crippen molar-refractivity contribution in [1.82, 2.24) is 4.90 Å². The molecule has 0 saturated carbocycles. The molecule has 1 amide bonds. The minimum atomic E-state index is -1.17. The summed E-state index contributed by atoms with van der Waals surface area (Å²) in [7, 11) is 1.31. The Labute approximate surface area is 98.8 Å². The van der Waals surface area contributed by atoms with Gasteiger partial charge in [-0.05, 0) is 5.92 Å². The number of amides is 1. The summed E-state index contributed by atoms with van der Waals surface area (Å²) in [5.41, 5.74) is 0. The van der Waals surface area contributed by atoms with Crippen LogP contribution in [0.3, 0.4) is 0 Å². The predicted molar refractivity (Wildman–Crippen MR) is 58.0 cm³/mol. The van der Waals surface area contributed by atoms with Crippen molar-refractivity contribution in [1.29, 1.82) is 0 Å². The number of carbonyl (C=O) groups excluding carboxylic acids is 2. The molecule has 1 saturated heterocycles. The van der Waals surface area contributed by atoms with Crippen LogP contribution in [0, 0.1) is 11.8 Å². The zero-order chi connectivity index (χ0) is 13.0. The minimum Gasteiger partial charge on any atom is -0.478 e. The highest BCUT2D eigenvalue weighted by Gasteiger charge is 2.36. The van der Waals surface area contributed by atoms with Gasteiger partial charge in [-0.2, -0.15) is 0 Å². The lowest BCUT2D eigenvalue weighted by atomic mass is 9.99. The number of hydrogen-bond acceptors (Lipinski definition) is 4. The van der Waals surface area contributed by atoms with Gasteiger partial charge in [0.1, 0.15) is 0 Å². The van der Waals surface area contributed by atoms with E-state index in [2.05, 4.69) is 4.74 Å². The van der Waals surface area contributed by atoms with Gasteiger partial charge in [-0.25, -0.2) is 4.79 Å². The van der Waals surface area contributed by atoms with Crippen molar-refractivity contribution in [2.24, 2.45) is 11.8 Å². The van der Waals surface area contributed by atoms with Crippen molar-refractivity contribution in [3.05, 3.63) is 12.2 Å². The average Bonchev–Trinajstić information content (AvgIpc) is 2.67. The number of carboxylic acid groups (broad SMARTS) is 1. The molecule has 6 nitrogen and oxygen atoms in total. The van der Waals surface area contributed by atoms with Crippen LogP contribution in [-0.2, 0) is 19.1 Å². The van der Waals surface area contributed by atoms with Gasteiger partial charge >= 0.3 is 11.9 Å². The van der Waals surface area contributed by atoms with Gasteiger partial charge in [0.05, 0.1) is 13.0 Å². The summed E-state index contributed by atoms with van der Waals surface area (Å²) < 4.78 is 4.64. The molecule has 17 heavy (non-hydrogen) atoms. The van der Waals surface area contributed by atoms with Gasteiger partial charge in [-0.15, -0.1) is 0 Å². The molecule has 1 heterocycles. The molecule has 1 aliphatic heterocycles. The Bertz CT molecular complexity index is 363. The predicted octanol–water partition coefficient (Wildman–Crippen LogP) is -0.105. The molecule has 1 rings (SSSR count). The third kappa shape index (κ3) is 3.30. The molecular formula is C11H15NO5. The Morgan fingerprint density at radius 1 is 1.29 bits per heavy atom. The summed E-state index contributed by atoms with van der Waals surface area (Å²) >= 11 is 0. The highest BCUT2D eigenvalue weighted by molar-refractivity contribution is 5.94. The lowest BCUT2D eigenvalue weighted by molar-refractivity contribution is -0.146.